The molecule has 0 aromatic rings. The number of likely N-dealkylation sites (N-methyl/N-ethyl adjacent to an activating group) is 1. The summed E-state index contributed by atoms with van der Waals surface area (Å²) in [5.74, 6) is 0.589. The average molecular weight is 237 g/mol. The Labute approximate surface area is 99.3 Å². The van der Waals surface area contributed by atoms with Crippen LogP contribution in [0.15, 0.2) is 0 Å². The summed E-state index contributed by atoms with van der Waals surface area (Å²) in [5, 5.41) is 0. The number of hydrogen-bond acceptors (Lipinski definition) is 3. The van der Waals surface area contributed by atoms with Gasteiger partial charge in [0.05, 0.1) is 13.2 Å². The molecule has 0 saturated carbocycles. The maximum atomic E-state index is 5.54. The van der Waals surface area contributed by atoms with Crippen LogP contribution >= 0.6 is 11.6 Å². The van der Waals surface area contributed by atoms with Gasteiger partial charge in [-0.15, -0.1) is 11.6 Å². The first-order valence-corrected chi connectivity index (χ1v) is 6.25. The smallest absolute Gasteiger partial charge is 0.0602 e. The molecule has 92 valence electrons. The third-order valence-electron chi connectivity index (χ3n) is 2.18. The first-order chi connectivity index (χ1) is 7.20. The fourth-order valence-electron chi connectivity index (χ4n) is 1.34. The molecule has 0 rings (SSSR count). The lowest BCUT2D eigenvalue weighted by Gasteiger charge is -2.23. The summed E-state index contributed by atoms with van der Waals surface area (Å²) >= 11 is 5.54. The first-order valence-electron chi connectivity index (χ1n) is 5.71. The van der Waals surface area contributed by atoms with Crippen LogP contribution in [0.2, 0.25) is 0 Å². The molecule has 0 aromatic heterocycles. The van der Waals surface area contributed by atoms with Crippen molar-refractivity contribution in [2.45, 2.75) is 13.3 Å². The topological polar surface area (TPSA) is 15.7 Å². The maximum Gasteiger partial charge on any atom is 0.0602 e. The molecule has 0 aliphatic carbocycles. The van der Waals surface area contributed by atoms with Gasteiger partial charge < -0.3 is 9.64 Å². The average Bonchev–Trinajstić information content (AvgIpc) is 2.20. The van der Waals surface area contributed by atoms with Gasteiger partial charge in [-0.3, -0.25) is 4.90 Å². The molecule has 0 aliphatic heterocycles. The standard InChI is InChI=1S/C11H25ClN2O/c1-4-6-14(8-7-13(2)3)9-11-15-10-5-12/h4-11H2,1-3H3. The molecule has 0 unspecified atom stereocenters. The molecule has 0 amide bonds. The van der Waals surface area contributed by atoms with E-state index in [2.05, 4.69) is 30.8 Å². The molecule has 4 heteroatoms. The van der Waals surface area contributed by atoms with Crippen LogP contribution in [0.3, 0.4) is 0 Å². The Morgan fingerprint density at radius 1 is 1.00 bits per heavy atom. The van der Waals surface area contributed by atoms with Gasteiger partial charge in [-0.25, -0.2) is 0 Å². The Morgan fingerprint density at radius 2 is 1.73 bits per heavy atom. The van der Waals surface area contributed by atoms with Crippen LogP contribution in [0.1, 0.15) is 13.3 Å². The third-order valence-corrected chi connectivity index (χ3v) is 2.33. The minimum Gasteiger partial charge on any atom is -0.379 e. The van der Waals surface area contributed by atoms with E-state index >= 15 is 0 Å². The summed E-state index contributed by atoms with van der Waals surface area (Å²) in [7, 11) is 4.21. The molecular weight excluding hydrogens is 212 g/mol. The van der Waals surface area contributed by atoms with Crippen molar-refractivity contribution >= 4 is 11.6 Å². The minimum atomic E-state index is 0.589. The molecule has 3 nitrogen and oxygen atoms in total. The van der Waals surface area contributed by atoms with Crippen LogP contribution < -0.4 is 0 Å². The highest BCUT2D eigenvalue weighted by molar-refractivity contribution is 6.17. The van der Waals surface area contributed by atoms with Crippen LogP contribution in [0, 0.1) is 0 Å². The van der Waals surface area contributed by atoms with Crippen LogP contribution in [-0.2, 0) is 4.74 Å². The predicted octanol–water partition coefficient (Wildman–Crippen LogP) is 1.52. The lowest BCUT2D eigenvalue weighted by molar-refractivity contribution is 0.111. The number of alkyl halides is 1. The zero-order valence-electron chi connectivity index (χ0n) is 10.3. The van der Waals surface area contributed by atoms with Crippen molar-refractivity contribution < 1.29 is 4.74 Å². The molecule has 15 heavy (non-hydrogen) atoms. The molecular formula is C11H25ClN2O. The highest BCUT2D eigenvalue weighted by Gasteiger charge is 2.03. The summed E-state index contributed by atoms with van der Waals surface area (Å²) in [6.45, 7) is 8.05. The van der Waals surface area contributed by atoms with Crippen molar-refractivity contribution in [1.82, 2.24) is 9.80 Å². The minimum absolute atomic E-state index is 0.589. The summed E-state index contributed by atoms with van der Waals surface area (Å²) in [6.07, 6.45) is 1.20. The van der Waals surface area contributed by atoms with Crippen molar-refractivity contribution in [3.63, 3.8) is 0 Å². The Morgan fingerprint density at radius 3 is 2.27 bits per heavy atom. The van der Waals surface area contributed by atoms with Gasteiger partial charge in [-0.1, -0.05) is 6.92 Å². The van der Waals surface area contributed by atoms with E-state index in [-0.39, 0.29) is 0 Å². The van der Waals surface area contributed by atoms with E-state index in [9.17, 15) is 0 Å². The molecule has 0 fully saturated rings. The van der Waals surface area contributed by atoms with Crippen LogP contribution in [-0.4, -0.2) is 69.2 Å². The Balaban J connectivity index is 3.53. The van der Waals surface area contributed by atoms with Gasteiger partial charge in [0.2, 0.25) is 0 Å². The zero-order chi connectivity index (χ0) is 11.5. The van der Waals surface area contributed by atoms with Gasteiger partial charge >= 0.3 is 0 Å². The van der Waals surface area contributed by atoms with E-state index in [0.29, 0.717) is 12.5 Å². The number of hydrogen-bond donors (Lipinski definition) is 0. The molecule has 0 saturated heterocycles. The lowest BCUT2D eigenvalue weighted by atomic mass is 10.4. The molecule has 0 atom stereocenters. The monoisotopic (exact) mass is 236 g/mol. The van der Waals surface area contributed by atoms with E-state index < -0.39 is 0 Å². The van der Waals surface area contributed by atoms with Crippen LogP contribution in [0.25, 0.3) is 0 Å². The number of halogens is 1. The van der Waals surface area contributed by atoms with Gasteiger partial charge in [0, 0.05) is 25.5 Å². The van der Waals surface area contributed by atoms with E-state index in [1.54, 1.807) is 0 Å². The van der Waals surface area contributed by atoms with Gasteiger partial charge in [0.25, 0.3) is 0 Å². The second-order valence-electron chi connectivity index (χ2n) is 3.95. The zero-order valence-corrected chi connectivity index (χ0v) is 11.1. The van der Waals surface area contributed by atoms with Gasteiger partial charge in [-0.05, 0) is 27.1 Å². The fraction of sp³-hybridized carbons (Fsp3) is 1.00. The largest absolute Gasteiger partial charge is 0.379 e. The molecule has 0 aliphatic rings. The van der Waals surface area contributed by atoms with Crippen LogP contribution in [0.4, 0.5) is 0 Å². The summed E-state index contributed by atoms with van der Waals surface area (Å²) < 4.78 is 5.38. The Bertz CT molecular complexity index is 134. The van der Waals surface area contributed by atoms with Gasteiger partial charge in [-0.2, -0.15) is 0 Å². The molecule has 0 aromatic carbocycles. The highest BCUT2D eigenvalue weighted by atomic mass is 35.5. The summed E-state index contributed by atoms with van der Waals surface area (Å²) in [6, 6.07) is 0. The lowest BCUT2D eigenvalue weighted by Crippen LogP contribution is -2.34. The van der Waals surface area contributed by atoms with E-state index in [1.807, 2.05) is 0 Å². The number of ether oxygens (including phenoxy) is 1. The van der Waals surface area contributed by atoms with Crippen molar-refractivity contribution in [2.75, 3.05) is 59.4 Å². The van der Waals surface area contributed by atoms with Crippen molar-refractivity contribution in [2.24, 2.45) is 0 Å². The Hall–Kier alpha value is 0.170. The summed E-state index contributed by atoms with van der Waals surface area (Å²) in [4.78, 5) is 4.65. The van der Waals surface area contributed by atoms with Gasteiger partial charge in [0.1, 0.15) is 0 Å². The van der Waals surface area contributed by atoms with Crippen molar-refractivity contribution in [3.05, 3.63) is 0 Å². The number of rotatable bonds is 10. The second kappa shape index (κ2) is 10.7. The van der Waals surface area contributed by atoms with E-state index in [4.69, 9.17) is 16.3 Å². The maximum absolute atomic E-state index is 5.54. The van der Waals surface area contributed by atoms with Crippen LogP contribution in [0.5, 0.6) is 0 Å². The third kappa shape index (κ3) is 10.5. The second-order valence-corrected chi connectivity index (χ2v) is 4.32. The SMILES string of the molecule is CCCN(CCOCCCl)CCN(C)C. The molecule has 0 radical (unpaired) electrons. The molecule has 0 heterocycles. The Kier molecular flexibility index (Phi) is 10.8. The first kappa shape index (κ1) is 15.2. The summed E-state index contributed by atoms with van der Waals surface area (Å²) in [5.41, 5.74) is 0. The molecule has 0 N–H and O–H groups in total. The quantitative estimate of drug-likeness (QED) is 0.423. The van der Waals surface area contributed by atoms with Crippen molar-refractivity contribution in [3.8, 4) is 0 Å². The fourth-order valence-corrected chi connectivity index (χ4v) is 1.45. The van der Waals surface area contributed by atoms with Gasteiger partial charge in [0.15, 0.2) is 0 Å². The highest BCUT2D eigenvalue weighted by Crippen LogP contribution is 1.93. The predicted molar refractivity (Wildman–Crippen MR) is 66.8 cm³/mol. The molecule has 0 spiro atoms. The van der Waals surface area contributed by atoms with E-state index in [0.717, 1.165) is 32.8 Å². The normalized spacial score (nSPS) is 11.6. The number of nitrogens with zero attached hydrogens (tertiary/aromatic N) is 2. The molecule has 0 bridgehead atoms. The van der Waals surface area contributed by atoms with E-state index in [1.165, 1.54) is 6.42 Å². The van der Waals surface area contributed by atoms with Crippen molar-refractivity contribution in [1.29, 1.82) is 0 Å².